The molecule has 0 aliphatic carbocycles. The Kier molecular flexibility index (Phi) is 28.6. The van der Waals surface area contributed by atoms with Crippen molar-refractivity contribution in [2.45, 2.75) is 102 Å². The molecule has 12 heteroatoms. The normalized spacial score (nSPS) is 12.0. The second-order valence-corrected chi connectivity index (χ2v) is 15.1. The van der Waals surface area contributed by atoms with E-state index in [9.17, 15) is 27.6 Å². The van der Waals surface area contributed by atoms with Crippen molar-refractivity contribution in [3.63, 3.8) is 0 Å². The minimum atomic E-state index is -0.418. The zero-order chi connectivity index (χ0) is 45.0. The maximum atomic E-state index is 13.0. The Bertz CT molecular complexity index is 1670. The van der Waals surface area contributed by atoms with Gasteiger partial charge < -0.3 is 28.4 Å². The van der Waals surface area contributed by atoms with Crippen LogP contribution in [0.25, 0.3) is 18.2 Å². The molecule has 344 valence electrons. The number of hydrogen-bond acceptors (Lipinski definition) is 9. The van der Waals surface area contributed by atoms with Crippen LogP contribution in [0.15, 0.2) is 91.0 Å². The summed E-state index contributed by atoms with van der Waals surface area (Å²) in [5.74, 6) is -2.22. The number of halogens is 3. The van der Waals surface area contributed by atoms with Crippen molar-refractivity contribution < 1.29 is 56.0 Å². The number of unbranched alkanes of at least 4 members (excludes halogenated alkanes) is 12. The van der Waals surface area contributed by atoms with Crippen LogP contribution in [0.1, 0.15) is 113 Å². The number of rotatable bonds is 35. The van der Waals surface area contributed by atoms with Crippen molar-refractivity contribution in [3.8, 4) is 0 Å². The van der Waals surface area contributed by atoms with Crippen molar-refractivity contribution in [2.24, 2.45) is 0 Å². The third-order valence-electron chi connectivity index (χ3n) is 9.69. The first-order valence-corrected chi connectivity index (χ1v) is 22.3. The average molecular weight is 879 g/mol. The molecule has 0 amide bonds. The van der Waals surface area contributed by atoms with E-state index in [4.69, 9.17) is 28.4 Å². The number of hydrogen-bond donors (Lipinski definition) is 0. The Morgan fingerprint density at radius 3 is 0.968 bits per heavy atom. The number of carbonyl (C=O) groups excluding carboxylic acids is 3. The topological polar surface area (TPSA) is 107 Å². The van der Waals surface area contributed by atoms with Gasteiger partial charge in [-0.2, -0.15) is 0 Å². The maximum absolute atomic E-state index is 13.0. The van der Waals surface area contributed by atoms with Crippen LogP contribution in [0.2, 0.25) is 0 Å². The maximum Gasteiger partial charge on any atom is 0.330 e. The summed E-state index contributed by atoms with van der Waals surface area (Å²) in [5, 5.41) is 0. The summed E-state index contributed by atoms with van der Waals surface area (Å²) in [5.41, 5.74) is 2.18. The Morgan fingerprint density at radius 1 is 0.381 bits per heavy atom. The highest BCUT2D eigenvalue weighted by molar-refractivity contribution is 5.88. The van der Waals surface area contributed by atoms with E-state index in [-0.39, 0.29) is 23.6 Å². The lowest BCUT2D eigenvalue weighted by Crippen LogP contribution is -2.27. The van der Waals surface area contributed by atoms with Gasteiger partial charge >= 0.3 is 17.9 Å². The lowest BCUT2D eigenvalue weighted by Gasteiger charge is -2.18. The molecule has 0 saturated heterocycles. The highest BCUT2D eigenvalue weighted by atomic mass is 19.1. The van der Waals surface area contributed by atoms with E-state index >= 15 is 0 Å². The van der Waals surface area contributed by atoms with Gasteiger partial charge in [0.05, 0.1) is 33.0 Å². The van der Waals surface area contributed by atoms with E-state index in [1.54, 1.807) is 54.6 Å². The van der Waals surface area contributed by atoms with E-state index < -0.39 is 17.9 Å². The van der Waals surface area contributed by atoms with Crippen molar-refractivity contribution in [1.82, 2.24) is 0 Å². The summed E-state index contributed by atoms with van der Waals surface area (Å²) in [6, 6.07) is 17.6. The molecule has 9 nitrogen and oxygen atoms in total. The molecule has 0 saturated carbocycles. The molecule has 3 aromatic rings. The molecule has 0 bridgehead atoms. The minimum absolute atomic E-state index is 0.175. The second-order valence-electron chi connectivity index (χ2n) is 15.1. The van der Waals surface area contributed by atoms with Crippen LogP contribution in [0.4, 0.5) is 13.2 Å². The molecule has 0 unspecified atom stereocenters. The quantitative estimate of drug-likeness (QED) is 0.0247. The Morgan fingerprint density at radius 2 is 0.651 bits per heavy atom. The van der Waals surface area contributed by atoms with Crippen molar-refractivity contribution >= 4 is 36.1 Å². The van der Waals surface area contributed by atoms with Gasteiger partial charge in [-0.25, -0.2) is 27.6 Å². The highest BCUT2D eigenvalue weighted by Crippen LogP contribution is 2.11. The lowest BCUT2D eigenvalue weighted by molar-refractivity contribution is -0.138. The van der Waals surface area contributed by atoms with Crippen LogP contribution in [-0.2, 0) is 42.8 Å². The number of carbonyl (C=O) groups is 3. The zero-order valence-electron chi connectivity index (χ0n) is 36.5. The SMILES string of the molecule is O=C(C=Cc1ccc(F)cc1)OCCCCCCCOCC(COCCCCCCCOC(=O)C=Cc1ccc(F)cc1)OCCCCCCCOC(=O)C=Cc1ccc(F)cc1. The molecule has 0 aliphatic rings. The number of ether oxygens (including phenoxy) is 6. The molecule has 0 heterocycles. The fourth-order valence-electron chi connectivity index (χ4n) is 6.11. The number of benzene rings is 3. The Labute approximate surface area is 371 Å². The summed E-state index contributed by atoms with van der Waals surface area (Å²) < 4.78 is 73.0. The van der Waals surface area contributed by atoms with Crippen molar-refractivity contribution in [1.29, 1.82) is 0 Å². The summed E-state index contributed by atoms with van der Waals surface area (Å²) in [7, 11) is 0. The van der Waals surface area contributed by atoms with Gasteiger partial charge in [0.1, 0.15) is 23.6 Å². The van der Waals surface area contributed by atoms with Gasteiger partial charge in [0.15, 0.2) is 0 Å². The first kappa shape index (κ1) is 52.3. The predicted molar refractivity (Wildman–Crippen MR) is 240 cm³/mol. The zero-order valence-corrected chi connectivity index (χ0v) is 36.5. The monoisotopic (exact) mass is 878 g/mol. The fraction of sp³-hybridized carbons (Fsp3) is 0.471. The highest BCUT2D eigenvalue weighted by Gasteiger charge is 2.11. The minimum Gasteiger partial charge on any atom is -0.463 e. The first-order valence-electron chi connectivity index (χ1n) is 22.3. The van der Waals surface area contributed by atoms with Crippen molar-refractivity contribution in [3.05, 3.63) is 125 Å². The first-order chi connectivity index (χ1) is 30.8. The molecular formula is C51H65F3O9. The predicted octanol–water partition coefficient (Wildman–Crippen LogP) is 11.4. The van der Waals surface area contributed by atoms with E-state index in [1.165, 1.54) is 54.6 Å². The van der Waals surface area contributed by atoms with Crippen LogP contribution in [0.3, 0.4) is 0 Å². The Balaban J connectivity index is 1.22. The smallest absolute Gasteiger partial charge is 0.330 e. The van der Waals surface area contributed by atoms with Crippen LogP contribution in [-0.4, -0.2) is 76.9 Å². The molecule has 3 rings (SSSR count). The largest absolute Gasteiger partial charge is 0.463 e. The van der Waals surface area contributed by atoms with Gasteiger partial charge in [-0.1, -0.05) is 94.2 Å². The standard InChI is InChI=1S/C51H65F3O9/c52-45-25-16-42(17-26-45)22-31-49(55)61-37-13-7-1-4-10-34-58-40-48(60-36-12-6-3-9-15-39-63-51(57)33-24-44-20-29-47(54)30-21-44)41-59-35-11-5-2-8-14-38-62-50(56)32-23-43-18-27-46(53)28-19-43/h16-33,48H,1-15,34-41H2. The molecule has 3 aromatic carbocycles. The van der Waals surface area contributed by atoms with Crippen LogP contribution in [0, 0.1) is 17.5 Å². The summed E-state index contributed by atoms with van der Waals surface area (Å²) in [6.07, 6.45) is 22.6. The third-order valence-corrected chi connectivity index (χ3v) is 9.69. The van der Waals surface area contributed by atoms with Crippen molar-refractivity contribution in [2.75, 3.05) is 52.9 Å². The lowest BCUT2D eigenvalue weighted by atomic mass is 10.1. The third kappa shape index (κ3) is 28.3. The van der Waals surface area contributed by atoms with Crippen LogP contribution in [0.5, 0.6) is 0 Å². The summed E-state index contributed by atoms with van der Waals surface area (Å²) >= 11 is 0. The fourth-order valence-corrected chi connectivity index (χ4v) is 6.11. The molecule has 0 N–H and O–H groups in total. The molecule has 0 radical (unpaired) electrons. The molecule has 0 aliphatic heterocycles. The van der Waals surface area contributed by atoms with Gasteiger partial charge in [0.25, 0.3) is 0 Å². The van der Waals surface area contributed by atoms with Gasteiger partial charge in [-0.05, 0) is 110 Å². The summed E-state index contributed by atoms with van der Waals surface area (Å²) in [6.45, 7) is 3.79. The molecule has 0 atom stereocenters. The van der Waals surface area contributed by atoms with E-state index in [0.29, 0.717) is 52.9 Å². The molecule has 0 fully saturated rings. The molecular weight excluding hydrogens is 814 g/mol. The average Bonchev–Trinajstić information content (AvgIpc) is 3.28. The van der Waals surface area contributed by atoms with Crippen LogP contribution < -0.4 is 0 Å². The molecule has 63 heavy (non-hydrogen) atoms. The molecule has 0 aromatic heterocycles. The van der Waals surface area contributed by atoms with Gasteiger partial charge in [0, 0.05) is 38.0 Å². The van der Waals surface area contributed by atoms with E-state index in [1.807, 2.05) is 0 Å². The van der Waals surface area contributed by atoms with Crippen LogP contribution >= 0.6 is 0 Å². The van der Waals surface area contributed by atoms with Gasteiger partial charge in [0.2, 0.25) is 0 Å². The Hall–Kier alpha value is -5.04. The second kappa shape index (κ2) is 34.4. The number of esters is 3. The van der Waals surface area contributed by atoms with Gasteiger partial charge in [-0.15, -0.1) is 0 Å². The summed E-state index contributed by atoms with van der Waals surface area (Å²) in [4.78, 5) is 35.8. The van der Waals surface area contributed by atoms with E-state index in [0.717, 1.165) is 113 Å². The molecule has 0 spiro atoms. The van der Waals surface area contributed by atoms with Gasteiger partial charge in [-0.3, -0.25) is 0 Å². The van der Waals surface area contributed by atoms with E-state index in [2.05, 4.69) is 0 Å².